The molecule has 0 N–H and O–H groups in total. The normalized spacial score (nSPS) is 15.3. The molecule has 0 spiro atoms. The molecule has 1 aliphatic heterocycles. The number of likely N-dealkylation sites (N-methyl/N-ethyl adjacent to an activating group) is 1. The van der Waals surface area contributed by atoms with Crippen molar-refractivity contribution in [1.29, 1.82) is 0 Å². The van der Waals surface area contributed by atoms with Gasteiger partial charge in [0.2, 0.25) is 0 Å². The van der Waals surface area contributed by atoms with Crippen LogP contribution in [0.2, 0.25) is 0 Å². The maximum absolute atomic E-state index is 10.7. The highest BCUT2D eigenvalue weighted by Crippen LogP contribution is 2.27. The van der Waals surface area contributed by atoms with Gasteiger partial charge in [0, 0.05) is 25.2 Å². The first-order valence-corrected chi connectivity index (χ1v) is 6.71. The number of nitro benzene ring substituents is 1. The van der Waals surface area contributed by atoms with E-state index in [2.05, 4.69) is 18.0 Å². The molecule has 1 aliphatic rings. The van der Waals surface area contributed by atoms with Crippen LogP contribution in [0.25, 0.3) is 5.57 Å². The fourth-order valence-corrected chi connectivity index (χ4v) is 2.14. The summed E-state index contributed by atoms with van der Waals surface area (Å²) in [5.74, 6) is 0. The first kappa shape index (κ1) is 15.4. The molecule has 1 aromatic carbocycles. The second-order valence-electron chi connectivity index (χ2n) is 4.50. The highest BCUT2D eigenvalue weighted by molar-refractivity contribution is 5.70. The minimum atomic E-state index is -0.347. The van der Waals surface area contributed by atoms with E-state index in [1.54, 1.807) is 12.1 Å². The van der Waals surface area contributed by atoms with Crippen molar-refractivity contribution in [2.45, 2.75) is 27.2 Å². The Morgan fingerprint density at radius 2 is 2.00 bits per heavy atom. The number of aryl methyl sites for hydroxylation is 1. The standard InChI is InChI=1S/C13H16N2O2.C2H6/c1-10-9-12(15(16)17)3-4-13(10)11-5-7-14(2)8-6-11;1-2/h3-5,9H,6-8H2,1-2H3;1-2H3. The Morgan fingerprint density at radius 1 is 1.32 bits per heavy atom. The van der Waals surface area contributed by atoms with Crippen LogP contribution in [0.1, 0.15) is 31.4 Å². The van der Waals surface area contributed by atoms with Crippen LogP contribution in [0, 0.1) is 17.0 Å². The molecule has 0 fully saturated rings. The van der Waals surface area contributed by atoms with Gasteiger partial charge >= 0.3 is 0 Å². The monoisotopic (exact) mass is 262 g/mol. The van der Waals surface area contributed by atoms with Gasteiger partial charge in [-0.3, -0.25) is 10.1 Å². The SMILES string of the molecule is CC.Cc1cc([N+](=O)[O-])ccc1C1=CCN(C)CC1. The second-order valence-corrected chi connectivity index (χ2v) is 4.50. The summed E-state index contributed by atoms with van der Waals surface area (Å²) in [5, 5.41) is 10.7. The Labute approximate surface area is 114 Å². The topological polar surface area (TPSA) is 46.4 Å². The van der Waals surface area contributed by atoms with E-state index in [-0.39, 0.29) is 10.6 Å². The third-order valence-electron chi connectivity index (χ3n) is 3.18. The van der Waals surface area contributed by atoms with Crippen molar-refractivity contribution in [2.75, 3.05) is 20.1 Å². The first-order chi connectivity index (χ1) is 9.08. The van der Waals surface area contributed by atoms with Crippen LogP contribution in [0.5, 0.6) is 0 Å². The average molecular weight is 262 g/mol. The second kappa shape index (κ2) is 7.04. The van der Waals surface area contributed by atoms with Gasteiger partial charge in [-0.25, -0.2) is 0 Å². The van der Waals surface area contributed by atoms with E-state index in [1.807, 2.05) is 26.8 Å². The Kier molecular flexibility index (Phi) is 5.70. The van der Waals surface area contributed by atoms with Crippen LogP contribution in [0.3, 0.4) is 0 Å². The summed E-state index contributed by atoms with van der Waals surface area (Å²) in [6.07, 6.45) is 3.22. The van der Waals surface area contributed by atoms with Crippen molar-refractivity contribution in [2.24, 2.45) is 0 Å². The van der Waals surface area contributed by atoms with E-state index in [0.29, 0.717) is 0 Å². The summed E-state index contributed by atoms with van der Waals surface area (Å²) in [4.78, 5) is 12.6. The fraction of sp³-hybridized carbons (Fsp3) is 0.467. The van der Waals surface area contributed by atoms with E-state index >= 15 is 0 Å². The van der Waals surface area contributed by atoms with Crippen LogP contribution in [0.15, 0.2) is 24.3 Å². The summed E-state index contributed by atoms with van der Waals surface area (Å²) in [5.41, 5.74) is 3.59. The molecule has 4 heteroatoms. The summed E-state index contributed by atoms with van der Waals surface area (Å²) in [7, 11) is 2.09. The molecule has 0 aliphatic carbocycles. The molecule has 0 unspecified atom stereocenters. The molecule has 1 aromatic rings. The third kappa shape index (κ3) is 3.89. The van der Waals surface area contributed by atoms with E-state index < -0.39 is 0 Å². The molecule has 0 saturated heterocycles. The number of hydrogen-bond donors (Lipinski definition) is 0. The molecular formula is C15H22N2O2. The summed E-state index contributed by atoms with van der Waals surface area (Å²) in [6.45, 7) is 7.93. The lowest BCUT2D eigenvalue weighted by Crippen LogP contribution is -2.23. The fourth-order valence-electron chi connectivity index (χ4n) is 2.14. The summed E-state index contributed by atoms with van der Waals surface area (Å²) >= 11 is 0. The zero-order valence-corrected chi connectivity index (χ0v) is 12.1. The smallest absolute Gasteiger partial charge is 0.269 e. The van der Waals surface area contributed by atoms with E-state index in [1.165, 1.54) is 5.57 Å². The summed E-state index contributed by atoms with van der Waals surface area (Å²) in [6, 6.07) is 5.10. The predicted octanol–water partition coefficient (Wildman–Crippen LogP) is 3.65. The zero-order chi connectivity index (χ0) is 14.4. The number of nitro groups is 1. The van der Waals surface area contributed by atoms with E-state index in [9.17, 15) is 10.1 Å². The van der Waals surface area contributed by atoms with Crippen molar-refractivity contribution in [3.8, 4) is 0 Å². The van der Waals surface area contributed by atoms with E-state index in [0.717, 1.165) is 30.6 Å². The Bertz CT molecular complexity index is 481. The van der Waals surface area contributed by atoms with Crippen molar-refractivity contribution in [3.05, 3.63) is 45.5 Å². The number of non-ortho nitro benzene ring substituents is 1. The largest absolute Gasteiger partial charge is 0.302 e. The lowest BCUT2D eigenvalue weighted by molar-refractivity contribution is -0.384. The van der Waals surface area contributed by atoms with Gasteiger partial charge in [-0.15, -0.1) is 0 Å². The van der Waals surface area contributed by atoms with Gasteiger partial charge in [0.15, 0.2) is 0 Å². The molecule has 0 atom stereocenters. The van der Waals surface area contributed by atoms with Crippen molar-refractivity contribution >= 4 is 11.3 Å². The maximum atomic E-state index is 10.7. The number of benzene rings is 1. The van der Waals surface area contributed by atoms with Crippen LogP contribution >= 0.6 is 0 Å². The van der Waals surface area contributed by atoms with Crippen molar-refractivity contribution in [3.63, 3.8) is 0 Å². The number of nitrogens with zero attached hydrogens (tertiary/aromatic N) is 2. The molecule has 19 heavy (non-hydrogen) atoms. The quantitative estimate of drug-likeness (QED) is 0.603. The molecule has 0 amide bonds. The minimum Gasteiger partial charge on any atom is -0.302 e. The minimum absolute atomic E-state index is 0.166. The van der Waals surface area contributed by atoms with Crippen molar-refractivity contribution < 1.29 is 4.92 Å². The third-order valence-corrected chi connectivity index (χ3v) is 3.18. The van der Waals surface area contributed by atoms with Crippen LogP contribution in [0.4, 0.5) is 5.69 Å². The molecule has 0 radical (unpaired) electrons. The maximum Gasteiger partial charge on any atom is 0.269 e. The molecule has 104 valence electrons. The Balaban J connectivity index is 0.000000861. The molecule has 2 rings (SSSR count). The Hall–Kier alpha value is -1.68. The van der Waals surface area contributed by atoms with Gasteiger partial charge in [0.1, 0.15) is 0 Å². The van der Waals surface area contributed by atoms with Gasteiger partial charge in [-0.1, -0.05) is 19.9 Å². The van der Waals surface area contributed by atoms with Gasteiger partial charge < -0.3 is 4.90 Å². The zero-order valence-electron chi connectivity index (χ0n) is 12.1. The van der Waals surface area contributed by atoms with Crippen LogP contribution in [-0.2, 0) is 0 Å². The van der Waals surface area contributed by atoms with Crippen LogP contribution in [-0.4, -0.2) is 30.0 Å². The van der Waals surface area contributed by atoms with Gasteiger partial charge in [0.05, 0.1) is 4.92 Å². The Morgan fingerprint density at radius 3 is 2.47 bits per heavy atom. The predicted molar refractivity (Wildman–Crippen MR) is 79.3 cm³/mol. The lowest BCUT2D eigenvalue weighted by atomic mass is 9.95. The molecule has 0 saturated carbocycles. The average Bonchev–Trinajstić information content (AvgIpc) is 2.42. The van der Waals surface area contributed by atoms with E-state index in [4.69, 9.17) is 0 Å². The van der Waals surface area contributed by atoms with Crippen molar-refractivity contribution in [1.82, 2.24) is 4.90 Å². The number of hydrogen-bond acceptors (Lipinski definition) is 3. The molecule has 1 heterocycles. The van der Waals surface area contributed by atoms with Gasteiger partial charge in [-0.2, -0.15) is 0 Å². The summed E-state index contributed by atoms with van der Waals surface area (Å²) < 4.78 is 0. The molecule has 0 bridgehead atoms. The highest BCUT2D eigenvalue weighted by Gasteiger charge is 2.14. The van der Waals surface area contributed by atoms with Gasteiger partial charge in [-0.05, 0) is 43.2 Å². The highest BCUT2D eigenvalue weighted by atomic mass is 16.6. The van der Waals surface area contributed by atoms with Gasteiger partial charge in [0.25, 0.3) is 5.69 Å². The van der Waals surface area contributed by atoms with Crippen LogP contribution < -0.4 is 0 Å². The molecule has 4 nitrogen and oxygen atoms in total. The first-order valence-electron chi connectivity index (χ1n) is 6.71. The number of rotatable bonds is 2. The molecular weight excluding hydrogens is 240 g/mol. The molecule has 0 aromatic heterocycles. The lowest BCUT2D eigenvalue weighted by Gasteiger charge is -2.22.